The second-order valence-electron chi connectivity index (χ2n) is 5.43. The average Bonchev–Trinajstić information content (AvgIpc) is 3.25. The van der Waals surface area contributed by atoms with Crippen LogP contribution >= 0.6 is 11.3 Å². The zero-order chi connectivity index (χ0) is 20.0. The lowest BCUT2D eigenvalue weighted by molar-refractivity contribution is -0.143. The SMILES string of the molecule is O=S(=O)(c1ccc(-c2cc(C(F)(F)F)cc(C(F)(F)F)c2)s1)n1cccc1. The highest BCUT2D eigenvalue weighted by molar-refractivity contribution is 7.92. The van der Waals surface area contributed by atoms with Crippen LogP contribution in [-0.2, 0) is 22.4 Å². The number of alkyl halides is 6. The number of thiophene rings is 1. The van der Waals surface area contributed by atoms with Crippen molar-refractivity contribution in [2.45, 2.75) is 16.6 Å². The van der Waals surface area contributed by atoms with Crippen LogP contribution in [0.15, 0.2) is 59.1 Å². The van der Waals surface area contributed by atoms with Gasteiger partial charge >= 0.3 is 12.4 Å². The van der Waals surface area contributed by atoms with Crippen LogP contribution in [0.25, 0.3) is 10.4 Å². The highest BCUT2D eigenvalue weighted by atomic mass is 32.2. The topological polar surface area (TPSA) is 39.1 Å². The minimum Gasteiger partial charge on any atom is -0.248 e. The molecule has 0 atom stereocenters. The number of nitrogens with zero attached hydrogens (tertiary/aromatic N) is 1. The van der Waals surface area contributed by atoms with Crippen molar-refractivity contribution >= 4 is 21.4 Å². The minimum absolute atomic E-state index is 0.0224. The summed E-state index contributed by atoms with van der Waals surface area (Å²) in [5, 5.41) is 0. The van der Waals surface area contributed by atoms with Crippen LogP contribution in [-0.4, -0.2) is 12.4 Å². The molecule has 0 spiro atoms. The standard InChI is InChI=1S/C16H9F6NO2S2/c17-15(18,19)11-7-10(8-12(9-11)16(20,21)22)13-3-4-14(26-13)27(24,25)23-5-1-2-6-23/h1-9H. The third kappa shape index (κ3) is 3.88. The molecular formula is C16H9F6NO2S2. The van der Waals surface area contributed by atoms with E-state index in [0.29, 0.717) is 23.5 Å². The molecule has 144 valence electrons. The Morgan fingerprint density at radius 2 is 1.33 bits per heavy atom. The van der Waals surface area contributed by atoms with Gasteiger partial charge in [0.05, 0.1) is 11.1 Å². The molecule has 0 N–H and O–H groups in total. The summed E-state index contributed by atoms with van der Waals surface area (Å²) in [5.41, 5.74) is -3.29. The molecule has 0 fully saturated rings. The Labute approximate surface area is 153 Å². The van der Waals surface area contributed by atoms with E-state index in [9.17, 15) is 34.8 Å². The molecule has 0 saturated heterocycles. The molecule has 2 aromatic heterocycles. The summed E-state index contributed by atoms with van der Waals surface area (Å²) >= 11 is 0.586. The van der Waals surface area contributed by atoms with Gasteiger partial charge in [-0.2, -0.15) is 34.8 Å². The lowest BCUT2D eigenvalue weighted by atomic mass is 10.0. The summed E-state index contributed by atoms with van der Waals surface area (Å²) in [7, 11) is -3.97. The Morgan fingerprint density at radius 3 is 1.81 bits per heavy atom. The molecule has 27 heavy (non-hydrogen) atoms. The fourth-order valence-electron chi connectivity index (χ4n) is 2.29. The Hall–Kier alpha value is -2.27. The fraction of sp³-hybridized carbons (Fsp3) is 0.125. The molecule has 0 aliphatic rings. The van der Waals surface area contributed by atoms with Crippen LogP contribution in [0.5, 0.6) is 0 Å². The van der Waals surface area contributed by atoms with E-state index in [4.69, 9.17) is 0 Å². The van der Waals surface area contributed by atoms with Gasteiger partial charge in [0.2, 0.25) is 0 Å². The van der Waals surface area contributed by atoms with Gasteiger partial charge in [-0.05, 0) is 48.0 Å². The van der Waals surface area contributed by atoms with Crippen molar-refractivity contribution in [3.63, 3.8) is 0 Å². The lowest BCUT2D eigenvalue weighted by Gasteiger charge is -2.13. The van der Waals surface area contributed by atoms with Gasteiger partial charge in [-0.25, -0.2) is 3.97 Å². The molecule has 0 radical (unpaired) electrons. The number of hydrogen-bond acceptors (Lipinski definition) is 3. The maximum Gasteiger partial charge on any atom is 0.416 e. The molecule has 0 aliphatic heterocycles. The van der Waals surface area contributed by atoms with Crippen LogP contribution < -0.4 is 0 Å². The number of benzene rings is 1. The van der Waals surface area contributed by atoms with Crippen molar-refractivity contribution in [3.8, 4) is 10.4 Å². The van der Waals surface area contributed by atoms with E-state index < -0.39 is 33.5 Å². The molecule has 0 saturated carbocycles. The molecule has 1 aromatic carbocycles. The predicted molar refractivity (Wildman–Crippen MR) is 86.8 cm³/mol. The van der Waals surface area contributed by atoms with E-state index in [-0.39, 0.29) is 20.7 Å². The molecule has 3 aromatic rings. The fourth-order valence-corrected chi connectivity index (χ4v) is 4.88. The van der Waals surface area contributed by atoms with E-state index in [0.717, 1.165) is 10.0 Å². The van der Waals surface area contributed by atoms with Crippen molar-refractivity contribution in [3.05, 3.63) is 66.0 Å². The average molecular weight is 425 g/mol. The number of hydrogen-bond donors (Lipinski definition) is 0. The molecule has 2 heterocycles. The van der Waals surface area contributed by atoms with Gasteiger partial charge in [-0.3, -0.25) is 0 Å². The van der Waals surface area contributed by atoms with Gasteiger partial charge in [0.15, 0.2) is 0 Å². The van der Waals surface area contributed by atoms with Gasteiger partial charge in [0.1, 0.15) is 4.21 Å². The first-order valence-electron chi connectivity index (χ1n) is 7.17. The molecule has 0 aliphatic carbocycles. The Kier molecular flexibility index (Phi) is 4.63. The van der Waals surface area contributed by atoms with Crippen molar-refractivity contribution in [2.75, 3.05) is 0 Å². The second kappa shape index (κ2) is 6.41. The zero-order valence-corrected chi connectivity index (χ0v) is 14.7. The van der Waals surface area contributed by atoms with Crippen molar-refractivity contribution in [2.24, 2.45) is 0 Å². The second-order valence-corrected chi connectivity index (χ2v) is 8.59. The smallest absolute Gasteiger partial charge is 0.248 e. The number of halogens is 6. The molecule has 0 amide bonds. The maximum atomic E-state index is 13.0. The van der Waals surface area contributed by atoms with Gasteiger partial charge in [-0.1, -0.05) is 0 Å². The number of rotatable bonds is 3. The summed E-state index contributed by atoms with van der Waals surface area (Å²) in [6, 6.07) is 6.40. The third-order valence-corrected chi connectivity index (χ3v) is 6.82. The maximum absolute atomic E-state index is 13.0. The van der Waals surface area contributed by atoms with Gasteiger partial charge in [-0.15, -0.1) is 11.3 Å². The van der Waals surface area contributed by atoms with Crippen molar-refractivity contribution in [1.29, 1.82) is 0 Å². The lowest BCUT2D eigenvalue weighted by Crippen LogP contribution is -2.11. The Balaban J connectivity index is 2.11. The Bertz CT molecular complexity index is 1030. The van der Waals surface area contributed by atoms with Crippen molar-refractivity contribution in [1.82, 2.24) is 3.97 Å². The number of aromatic nitrogens is 1. The molecule has 3 nitrogen and oxygen atoms in total. The van der Waals surface area contributed by atoms with Gasteiger partial charge < -0.3 is 0 Å². The van der Waals surface area contributed by atoms with E-state index >= 15 is 0 Å². The first kappa shape index (κ1) is 19.5. The first-order chi connectivity index (χ1) is 12.4. The largest absolute Gasteiger partial charge is 0.416 e. The van der Waals surface area contributed by atoms with Crippen molar-refractivity contribution < 1.29 is 34.8 Å². The molecule has 3 rings (SSSR count). The van der Waals surface area contributed by atoms with Crippen LogP contribution in [0.2, 0.25) is 0 Å². The van der Waals surface area contributed by atoms with Gasteiger partial charge in [0.25, 0.3) is 10.0 Å². The summed E-state index contributed by atoms with van der Waals surface area (Å²) in [4.78, 5) is -0.0302. The van der Waals surface area contributed by atoms with Crippen LogP contribution in [0.1, 0.15) is 11.1 Å². The monoisotopic (exact) mass is 425 g/mol. The van der Waals surface area contributed by atoms with E-state index in [1.54, 1.807) is 0 Å². The van der Waals surface area contributed by atoms with Crippen LogP contribution in [0.4, 0.5) is 26.3 Å². The predicted octanol–water partition coefficient (Wildman–Crippen LogP) is 5.49. The molecular weight excluding hydrogens is 416 g/mol. The quantitative estimate of drug-likeness (QED) is 0.521. The normalized spacial score (nSPS) is 13.1. The molecule has 0 unspecified atom stereocenters. The van der Waals surface area contributed by atoms with E-state index in [1.807, 2.05) is 0 Å². The first-order valence-corrected chi connectivity index (χ1v) is 9.43. The summed E-state index contributed by atoms with van der Waals surface area (Å²) < 4.78 is 103. The summed E-state index contributed by atoms with van der Waals surface area (Å²) in [6.45, 7) is 0. The molecule has 0 bridgehead atoms. The van der Waals surface area contributed by atoms with E-state index in [1.165, 1.54) is 30.6 Å². The summed E-state index contributed by atoms with van der Waals surface area (Å²) in [5.74, 6) is 0. The highest BCUT2D eigenvalue weighted by Crippen LogP contribution is 2.40. The zero-order valence-electron chi connectivity index (χ0n) is 13.0. The Morgan fingerprint density at radius 1 is 0.815 bits per heavy atom. The van der Waals surface area contributed by atoms with Gasteiger partial charge in [0, 0.05) is 17.3 Å². The minimum atomic E-state index is -4.98. The van der Waals surface area contributed by atoms with Crippen LogP contribution in [0.3, 0.4) is 0 Å². The molecule has 11 heteroatoms. The van der Waals surface area contributed by atoms with E-state index in [2.05, 4.69) is 0 Å². The van der Waals surface area contributed by atoms with Crippen LogP contribution in [0, 0.1) is 0 Å². The highest BCUT2D eigenvalue weighted by Gasteiger charge is 2.37. The summed E-state index contributed by atoms with van der Waals surface area (Å²) in [6.07, 6.45) is -7.43. The third-order valence-electron chi connectivity index (χ3n) is 3.56.